The molecule has 2 aromatic rings. The van der Waals surface area contributed by atoms with Crippen LogP contribution < -0.4 is 20.1 Å². The molecule has 0 saturated carbocycles. The Bertz CT molecular complexity index is 698. The van der Waals surface area contributed by atoms with Crippen molar-refractivity contribution in [2.45, 2.75) is 19.5 Å². The van der Waals surface area contributed by atoms with Gasteiger partial charge < -0.3 is 20.1 Å². The third kappa shape index (κ3) is 3.63. The molecule has 23 heavy (non-hydrogen) atoms. The van der Waals surface area contributed by atoms with E-state index >= 15 is 0 Å². The first-order valence-corrected chi connectivity index (χ1v) is 7.58. The van der Waals surface area contributed by atoms with Crippen molar-refractivity contribution in [3.05, 3.63) is 53.6 Å². The van der Waals surface area contributed by atoms with Crippen molar-refractivity contribution in [1.82, 2.24) is 5.32 Å². The Labute approximate surface area is 135 Å². The molecule has 3 rings (SSSR count). The van der Waals surface area contributed by atoms with Crippen LogP contribution in [-0.2, 0) is 11.3 Å². The van der Waals surface area contributed by atoms with E-state index in [2.05, 4.69) is 17.6 Å². The van der Waals surface area contributed by atoms with E-state index in [0.29, 0.717) is 0 Å². The van der Waals surface area contributed by atoms with Crippen LogP contribution in [0, 0.1) is 0 Å². The Kier molecular flexibility index (Phi) is 4.48. The van der Waals surface area contributed by atoms with E-state index in [1.54, 1.807) is 7.11 Å². The predicted molar refractivity (Wildman–Crippen MR) is 88.8 cm³/mol. The minimum absolute atomic E-state index is 0.0810. The lowest BCUT2D eigenvalue weighted by molar-refractivity contribution is -0.118. The number of carbonyl (C=O) groups is 1. The van der Waals surface area contributed by atoms with Gasteiger partial charge in [-0.25, -0.2) is 0 Å². The van der Waals surface area contributed by atoms with E-state index in [1.807, 2.05) is 42.5 Å². The molecule has 0 aliphatic carbocycles. The Morgan fingerprint density at radius 2 is 2.04 bits per heavy atom. The number of methoxy groups -OCH3 is 1. The summed E-state index contributed by atoms with van der Waals surface area (Å²) >= 11 is 0. The Morgan fingerprint density at radius 1 is 1.26 bits per heavy atom. The summed E-state index contributed by atoms with van der Waals surface area (Å²) in [5.74, 6) is 1.46. The molecule has 2 N–H and O–H groups in total. The average Bonchev–Trinajstić information content (AvgIpc) is 2.59. The van der Waals surface area contributed by atoms with Crippen LogP contribution in [0.3, 0.4) is 0 Å². The van der Waals surface area contributed by atoms with Crippen LogP contribution in [0.25, 0.3) is 0 Å². The smallest absolute Gasteiger partial charge is 0.262 e. The van der Waals surface area contributed by atoms with Crippen molar-refractivity contribution in [2.75, 3.05) is 19.0 Å². The van der Waals surface area contributed by atoms with E-state index in [9.17, 15) is 4.79 Å². The lowest BCUT2D eigenvalue weighted by atomic mass is 10.1. The number of anilines is 1. The number of benzene rings is 2. The predicted octanol–water partition coefficient (Wildman–Crippen LogP) is 2.88. The summed E-state index contributed by atoms with van der Waals surface area (Å²) in [5, 5.41) is 6.31. The van der Waals surface area contributed by atoms with Crippen LogP contribution in [0.5, 0.6) is 11.5 Å². The number of amides is 1. The van der Waals surface area contributed by atoms with E-state index in [4.69, 9.17) is 9.47 Å². The van der Waals surface area contributed by atoms with Crippen LogP contribution in [0.15, 0.2) is 42.5 Å². The van der Waals surface area contributed by atoms with Crippen molar-refractivity contribution >= 4 is 11.6 Å². The van der Waals surface area contributed by atoms with Gasteiger partial charge in [0.2, 0.25) is 0 Å². The second-order valence-electron chi connectivity index (χ2n) is 5.54. The summed E-state index contributed by atoms with van der Waals surface area (Å²) in [6.07, 6.45) is 0. The molecule has 0 spiro atoms. The number of fused-ring (bicyclic) bond motifs is 1. The van der Waals surface area contributed by atoms with Gasteiger partial charge in [-0.1, -0.05) is 18.2 Å². The van der Waals surface area contributed by atoms with E-state index in [0.717, 1.165) is 29.3 Å². The molecule has 0 unspecified atom stereocenters. The Balaban J connectivity index is 1.64. The van der Waals surface area contributed by atoms with Crippen molar-refractivity contribution in [2.24, 2.45) is 0 Å². The number of hydrogen-bond donors (Lipinski definition) is 2. The van der Waals surface area contributed by atoms with Crippen LogP contribution in [-0.4, -0.2) is 19.6 Å². The number of ether oxygens (including phenoxy) is 2. The molecule has 0 radical (unpaired) electrons. The highest BCUT2D eigenvalue weighted by atomic mass is 16.5. The highest BCUT2D eigenvalue weighted by Gasteiger charge is 2.17. The minimum atomic E-state index is -0.117. The first kappa shape index (κ1) is 15.4. The third-order valence-electron chi connectivity index (χ3n) is 3.91. The van der Waals surface area contributed by atoms with Crippen LogP contribution in [0.1, 0.15) is 24.1 Å². The Morgan fingerprint density at radius 3 is 2.78 bits per heavy atom. The molecule has 1 aliphatic heterocycles. The molecule has 2 aromatic carbocycles. The van der Waals surface area contributed by atoms with Gasteiger partial charge in [0.25, 0.3) is 5.91 Å². The van der Waals surface area contributed by atoms with E-state index in [-0.39, 0.29) is 18.6 Å². The zero-order valence-electron chi connectivity index (χ0n) is 13.3. The van der Waals surface area contributed by atoms with Crippen molar-refractivity contribution in [3.8, 4) is 11.5 Å². The molecule has 0 bridgehead atoms. The zero-order chi connectivity index (χ0) is 16.2. The second-order valence-corrected chi connectivity index (χ2v) is 5.54. The molecule has 120 valence electrons. The first-order valence-electron chi connectivity index (χ1n) is 7.58. The standard InChI is InChI=1S/C18H20N2O3/c1-12(19-10-13-3-6-15(22-2)7-4-13)14-5-8-17-16(9-14)20-18(21)11-23-17/h3-9,12,19H,10-11H2,1-2H3,(H,20,21)/t12-/m0/s1. The average molecular weight is 312 g/mol. The number of carbonyl (C=O) groups excluding carboxylic acids is 1. The maximum atomic E-state index is 11.4. The molecule has 1 aliphatic rings. The van der Waals surface area contributed by atoms with Crippen LogP contribution in [0.4, 0.5) is 5.69 Å². The minimum Gasteiger partial charge on any atom is -0.497 e. The summed E-state index contributed by atoms with van der Waals surface area (Å²) in [4.78, 5) is 11.4. The van der Waals surface area contributed by atoms with Gasteiger partial charge in [-0.2, -0.15) is 0 Å². The second kappa shape index (κ2) is 6.71. The topological polar surface area (TPSA) is 59.6 Å². The Hall–Kier alpha value is -2.53. The van der Waals surface area contributed by atoms with Gasteiger partial charge in [0.05, 0.1) is 12.8 Å². The summed E-state index contributed by atoms with van der Waals surface area (Å²) in [6.45, 7) is 2.93. The maximum Gasteiger partial charge on any atom is 0.262 e. The largest absolute Gasteiger partial charge is 0.497 e. The highest BCUT2D eigenvalue weighted by molar-refractivity contribution is 5.95. The summed E-state index contributed by atoms with van der Waals surface area (Å²) in [5.41, 5.74) is 3.02. The lowest BCUT2D eigenvalue weighted by Crippen LogP contribution is -2.26. The van der Waals surface area contributed by atoms with Gasteiger partial charge >= 0.3 is 0 Å². The summed E-state index contributed by atoms with van der Waals surface area (Å²) in [6, 6.07) is 14.0. The van der Waals surface area contributed by atoms with Crippen LogP contribution >= 0.6 is 0 Å². The molecule has 0 fully saturated rings. The number of nitrogens with one attached hydrogen (secondary N) is 2. The maximum absolute atomic E-state index is 11.4. The molecular weight excluding hydrogens is 292 g/mol. The van der Waals surface area contributed by atoms with Gasteiger partial charge in [0.1, 0.15) is 11.5 Å². The van der Waals surface area contributed by atoms with Gasteiger partial charge in [-0.15, -0.1) is 0 Å². The van der Waals surface area contributed by atoms with Gasteiger partial charge in [0, 0.05) is 12.6 Å². The molecule has 1 atom stereocenters. The van der Waals surface area contributed by atoms with Crippen molar-refractivity contribution in [1.29, 1.82) is 0 Å². The van der Waals surface area contributed by atoms with Gasteiger partial charge in [-0.05, 0) is 42.3 Å². The van der Waals surface area contributed by atoms with E-state index < -0.39 is 0 Å². The molecule has 1 amide bonds. The fourth-order valence-corrected chi connectivity index (χ4v) is 2.50. The fourth-order valence-electron chi connectivity index (χ4n) is 2.50. The molecule has 0 saturated heterocycles. The third-order valence-corrected chi connectivity index (χ3v) is 3.91. The molecule has 5 heteroatoms. The molecule has 1 heterocycles. The molecule has 5 nitrogen and oxygen atoms in total. The quantitative estimate of drug-likeness (QED) is 0.891. The zero-order valence-corrected chi connectivity index (χ0v) is 13.3. The highest BCUT2D eigenvalue weighted by Crippen LogP contribution is 2.30. The lowest BCUT2D eigenvalue weighted by Gasteiger charge is -2.21. The van der Waals surface area contributed by atoms with Gasteiger partial charge in [0.15, 0.2) is 6.61 Å². The summed E-state index contributed by atoms with van der Waals surface area (Å²) in [7, 11) is 1.66. The monoisotopic (exact) mass is 312 g/mol. The SMILES string of the molecule is COc1ccc(CN[C@@H](C)c2ccc3c(c2)NC(=O)CO3)cc1. The molecule has 0 aromatic heterocycles. The number of rotatable bonds is 5. The first-order chi connectivity index (χ1) is 11.2. The van der Waals surface area contributed by atoms with Crippen LogP contribution in [0.2, 0.25) is 0 Å². The van der Waals surface area contributed by atoms with E-state index in [1.165, 1.54) is 5.56 Å². The summed E-state index contributed by atoms with van der Waals surface area (Å²) < 4.78 is 10.5. The normalized spacial score (nSPS) is 14.4. The van der Waals surface area contributed by atoms with Gasteiger partial charge in [-0.3, -0.25) is 4.79 Å². The number of hydrogen-bond acceptors (Lipinski definition) is 4. The fraction of sp³-hybridized carbons (Fsp3) is 0.278. The van der Waals surface area contributed by atoms with Crippen molar-refractivity contribution in [3.63, 3.8) is 0 Å². The molecular formula is C18H20N2O3. The van der Waals surface area contributed by atoms with Crippen molar-refractivity contribution < 1.29 is 14.3 Å².